The summed E-state index contributed by atoms with van der Waals surface area (Å²) in [5.74, 6) is 1.38. The van der Waals surface area contributed by atoms with E-state index in [1.807, 2.05) is 12.1 Å². The van der Waals surface area contributed by atoms with Gasteiger partial charge in [-0.3, -0.25) is 0 Å². The third kappa shape index (κ3) is 8.79. The molecule has 1 aromatic carbocycles. The van der Waals surface area contributed by atoms with Gasteiger partial charge in [-0.05, 0) is 43.4 Å². The van der Waals surface area contributed by atoms with Gasteiger partial charge in [0.2, 0.25) is 5.88 Å². The quantitative estimate of drug-likeness (QED) is 0.159. The van der Waals surface area contributed by atoms with Crippen LogP contribution in [-0.2, 0) is 17.8 Å². The lowest BCUT2D eigenvalue weighted by atomic mass is 10.1. The van der Waals surface area contributed by atoms with Crippen LogP contribution in [0.25, 0.3) is 0 Å². The van der Waals surface area contributed by atoms with Crippen molar-refractivity contribution >= 4 is 41.7 Å². The highest BCUT2D eigenvalue weighted by Crippen LogP contribution is 2.22. The average molecular weight is 530 g/mol. The second-order valence-electron chi connectivity index (χ2n) is 6.17. The van der Waals surface area contributed by atoms with E-state index >= 15 is 0 Å². The summed E-state index contributed by atoms with van der Waals surface area (Å²) >= 11 is 1.75. The minimum absolute atomic E-state index is 0. The first-order valence-electron chi connectivity index (χ1n) is 9.39. The highest BCUT2D eigenvalue weighted by atomic mass is 127. The molecule has 0 radical (unpaired) electrons. The van der Waals surface area contributed by atoms with Crippen LogP contribution in [0.2, 0.25) is 0 Å². The van der Waals surface area contributed by atoms with Crippen molar-refractivity contribution < 1.29 is 9.47 Å². The number of hydrogen-bond acceptors (Lipinski definition) is 5. The Balaban J connectivity index is 0.00000420. The Morgan fingerprint density at radius 3 is 2.72 bits per heavy atom. The van der Waals surface area contributed by atoms with Crippen LogP contribution in [0.15, 0.2) is 46.4 Å². The predicted molar refractivity (Wildman–Crippen MR) is 132 cm³/mol. The summed E-state index contributed by atoms with van der Waals surface area (Å²) in [4.78, 5) is 10.3. The van der Waals surface area contributed by atoms with Crippen LogP contribution in [-0.4, -0.2) is 44.1 Å². The lowest BCUT2D eigenvalue weighted by Crippen LogP contribution is -2.37. The van der Waals surface area contributed by atoms with Crippen molar-refractivity contribution in [3.8, 4) is 5.88 Å². The fourth-order valence-corrected chi connectivity index (χ4v) is 3.28. The fourth-order valence-electron chi connectivity index (χ4n) is 2.58. The number of nitrogens with one attached hydrogen (secondary N) is 2. The van der Waals surface area contributed by atoms with Crippen molar-refractivity contribution in [3.63, 3.8) is 0 Å². The number of rotatable bonds is 10. The standard InChI is InChI=1S/C21H30N4O2S.HI/c1-5-22-21(24-14-17-9-8-16(2)13-19(17)28-4)25-15-18-7-6-10-23-20(18)27-12-11-26-3;/h6-10,13H,5,11-12,14-15H2,1-4H3,(H2,22,24,25);1H. The summed E-state index contributed by atoms with van der Waals surface area (Å²) in [6.45, 7) is 7.15. The lowest BCUT2D eigenvalue weighted by Gasteiger charge is -2.14. The molecule has 6 nitrogen and oxygen atoms in total. The molecular formula is C21H31IN4O2S. The third-order valence-corrected chi connectivity index (χ3v) is 4.84. The van der Waals surface area contributed by atoms with Crippen LogP contribution >= 0.6 is 35.7 Å². The number of nitrogens with zero attached hydrogens (tertiary/aromatic N) is 2. The molecule has 2 N–H and O–H groups in total. The van der Waals surface area contributed by atoms with Crippen LogP contribution in [0.4, 0.5) is 0 Å². The van der Waals surface area contributed by atoms with E-state index < -0.39 is 0 Å². The van der Waals surface area contributed by atoms with Crippen molar-refractivity contribution in [2.45, 2.75) is 31.8 Å². The smallest absolute Gasteiger partial charge is 0.218 e. The van der Waals surface area contributed by atoms with E-state index in [-0.39, 0.29) is 24.0 Å². The van der Waals surface area contributed by atoms with E-state index in [9.17, 15) is 0 Å². The number of aliphatic imine (C=N–C) groups is 1. The summed E-state index contributed by atoms with van der Waals surface area (Å²) in [7, 11) is 1.65. The molecule has 0 saturated heterocycles. The van der Waals surface area contributed by atoms with E-state index in [0.717, 1.165) is 18.1 Å². The summed E-state index contributed by atoms with van der Waals surface area (Å²) in [5, 5.41) is 6.66. The number of ether oxygens (including phenoxy) is 2. The van der Waals surface area contributed by atoms with Gasteiger partial charge in [0.15, 0.2) is 5.96 Å². The molecule has 0 bridgehead atoms. The topological polar surface area (TPSA) is 67.8 Å². The van der Waals surface area contributed by atoms with Crippen LogP contribution in [0.3, 0.4) is 0 Å². The molecule has 0 fully saturated rings. The maximum Gasteiger partial charge on any atom is 0.218 e. The number of aromatic nitrogens is 1. The van der Waals surface area contributed by atoms with Gasteiger partial charge in [-0.1, -0.05) is 18.2 Å². The molecule has 0 aliphatic rings. The number of aryl methyl sites for hydroxylation is 1. The molecule has 0 unspecified atom stereocenters. The van der Waals surface area contributed by atoms with E-state index in [0.29, 0.717) is 32.2 Å². The van der Waals surface area contributed by atoms with Crippen LogP contribution in [0, 0.1) is 6.92 Å². The molecule has 2 aromatic rings. The summed E-state index contributed by atoms with van der Waals surface area (Å²) in [6, 6.07) is 10.4. The molecule has 0 amide bonds. The van der Waals surface area contributed by atoms with Gasteiger partial charge in [-0.25, -0.2) is 9.98 Å². The van der Waals surface area contributed by atoms with Gasteiger partial charge >= 0.3 is 0 Å². The van der Waals surface area contributed by atoms with Gasteiger partial charge in [0.05, 0.1) is 13.2 Å². The Hall–Kier alpha value is -1.52. The summed E-state index contributed by atoms with van der Waals surface area (Å²) in [5.41, 5.74) is 3.46. The highest BCUT2D eigenvalue weighted by molar-refractivity contribution is 14.0. The van der Waals surface area contributed by atoms with Gasteiger partial charge in [0, 0.05) is 36.9 Å². The normalized spacial score (nSPS) is 11.0. The molecule has 0 spiro atoms. The number of halogens is 1. The SMILES string of the molecule is CCNC(=NCc1ccc(C)cc1SC)NCc1cccnc1OCCOC.I. The molecule has 1 aromatic heterocycles. The molecule has 0 saturated carbocycles. The van der Waals surface area contributed by atoms with Gasteiger partial charge in [-0.15, -0.1) is 35.7 Å². The first-order valence-corrected chi connectivity index (χ1v) is 10.6. The van der Waals surface area contributed by atoms with Gasteiger partial charge in [0.25, 0.3) is 0 Å². The zero-order valence-corrected chi connectivity index (χ0v) is 20.7. The molecule has 0 aliphatic carbocycles. The Morgan fingerprint density at radius 2 is 2.00 bits per heavy atom. The van der Waals surface area contributed by atoms with Gasteiger partial charge < -0.3 is 20.1 Å². The highest BCUT2D eigenvalue weighted by Gasteiger charge is 2.07. The molecule has 8 heteroatoms. The summed E-state index contributed by atoms with van der Waals surface area (Å²) < 4.78 is 10.7. The van der Waals surface area contributed by atoms with E-state index in [1.54, 1.807) is 25.1 Å². The van der Waals surface area contributed by atoms with Crippen molar-refractivity contribution in [2.24, 2.45) is 4.99 Å². The Bertz CT molecular complexity index is 774. The maximum absolute atomic E-state index is 5.70. The van der Waals surface area contributed by atoms with Crippen molar-refractivity contribution in [2.75, 3.05) is 33.1 Å². The Morgan fingerprint density at radius 1 is 1.17 bits per heavy atom. The maximum atomic E-state index is 5.70. The number of guanidine groups is 1. The van der Waals surface area contributed by atoms with Crippen LogP contribution in [0.5, 0.6) is 5.88 Å². The summed E-state index contributed by atoms with van der Waals surface area (Å²) in [6.07, 6.45) is 3.82. The first-order chi connectivity index (χ1) is 13.7. The van der Waals surface area contributed by atoms with Gasteiger partial charge in [0.1, 0.15) is 6.61 Å². The monoisotopic (exact) mass is 530 g/mol. The zero-order chi connectivity index (χ0) is 20.2. The third-order valence-electron chi connectivity index (χ3n) is 4.02. The molecule has 0 atom stereocenters. The predicted octanol–water partition coefficient (Wildman–Crippen LogP) is 4.01. The van der Waals surface area contributed by atoms with Crippen molar-refractivity contribution in [1.82, 2.24) is 15.6 Å². The molecular weight excluding hydrogens is 499 g/mol. The molecule has 0 aliphatic heterocycles. The van der Waals surface area contributed by atoms with Crippen LogP contribution in [0.1, 0.15) is 23.6 Å². The second kappa shape index (κ2) is 14.5. The van der Waals surface area contributed by atoms with Crippen molar-refractivity contribution in [3.05, 3.63) is 53.2 Å². The van der Waals surface area contributed by atoms with E-state index in [4.69, 9.17) is 14.5 Å². The first kappa shape index (κ1) is 25.5. The number of pyridine rings is 1. The number of thioether (sulfide) groups is 1. The number of hydrogen-bond donors (Lipinski definition) is 2. The number of benzene rings is 1. The average Bonchev–Trinajstić information content (AvgIpc) is 2.71. The van der Waals surface area contributed by atoms with Crippen LogP contribution < -0.4 is 15.4 Å². The molecule has 29 heavy (non-hydrogen) atoms. The Labute approximate surface area is 195 Å². The van der Waals surface area contributed by atoms with Crippen molar-refractivity contribution in [1.29, 1.82) is 0 Å². The number of methoxy groups -OCH3 is 1. The van der Waals surface area contributed by atoms with Gasteiger partial charge in [-0.2, -0.15) is 0 Å². The fraction of sp³-hybridized carbons (Fsp3) is 0.429. The second-order valence-corrected chi connectivity index (χ2v) is 7.02. The van der Waals surface area contributed by atoms with E-state index in [1.165, 1.54) is 16.0 Å². The molecule has 160 valence electrons. The Kier molecular flexibility index (Phi) is 12.7. The molecule has 1 heterocycles. The lowest BCUT2D eigenvalue weighted by molar-refractivity contribution is 0.143. The van der Waals surface area contributed by atoms with E-state index in [2.05, 4.69) is 53.9 Å². The largest absolute Gasteiger partial charge is 0.475 e. The minimum atomic E-state index is 0. The zero-order valence-electron chi connectivity index (χ0n) is 17.5. The molecule has 2 rings (SSSR count). The minimum Gasteiger partial charge on any atom is -0.475 e.